The van der Waals surface area contributed by atoms with E-state index in [2.05, 4.69) is 61.6 Å². The molecule has 0 aliphatic carbocycles. The SMILES string of the molecule is CCC(CO)NC(C)c1cccc2ccccc12. The molecule has 2 nitrogen and oxygen atoms in total. The molecule has 0 saturated carbocycles. The summed E-state index contributed by atoms with van der Waals surface area (Å²) in [6, 6.07) is 15.2. The zero-order valence-electron chi connectivity index (χ0n) is 11.1. The van der Waals surface area contributed by atoms with Gasteiger partial charge in [0.1, 0.15) is 0 Å². The molecular weight excluding hydrogens is 222 g/mol. The Morgan fingerprint density at radius 2 is 1.83 bits per heavy atom. The van der Waals surface area contributed by atoms with E-state index in [0.717, 1.165) is 6.42 Å². The van der Waals surface area contributed by atoms with Crippen LogP contribution < -0.4 is 5.32 Å². The molecule has 0 amide bonds. The fourth-order valence-corrected chi connectivity index (χ4v) is 2.37. The van der Waals surface area contributed by atoms with Crippen LogP contribution in [0.4, 0.5) is 0 Å². The minimum Gasteiger partial charge on any atom is -0.395 e. The molecule has 0 spiro atoms. The standard InChI is InChI=1S/C16H21NO/c1-3-14(11-18)17-12(2)15-10-6-8-13-7-4-5-9-16(13)15/h4-10,12,14,17-18H,3,11H2,1-2H3. The van der Waals surface area contributed by atoms with E-state index in [1.807, 2.05) is 0 Å². The lowest BCUT2D eigenvalue weighted by Gasteiger charge is -2.22. The number of aliphatic hydroxyl groups is 1. The summed E-state index contributed by atoms with van der Waals surface area (Å²) in [5.74, 6) is 0. The third kappa shape index (κ3) is 2.71. The maximum atomic E-state index is 9.27. The average Bonchev–Trinajstić information content (AvgIpc) is 2.43. The predicted octanol–water partition coefficient (Wildman–Crippen LogP) is 3.26. The van der Waals surface area contributed by atoms with Gasteiger partial charge >= 0.3 is 0 Å². The van der Waals surface area contributed by atoms with Crippen molar-refractivity contribution in [3.63, 3.8) is 0 Å². The molecule has 96 valence electrons. The number of rotatable bonds is 5. The first-order chi connectivity index (χ1) is 8.76. The second kappa shape index (κ2) is 5.98. The van der Waals surface area contributed by atoms with E-state index in [4.69, 9.17) is 0 Å². The molecule has 0 aliphatic heterocycles. The largest absolute Gasteiger partial charge is 0.395 e. The van der Waals surface area contributed by atoms with Crippen molar-refractivity contribution in [1.29, 1.82) is 0 Å². The first-order valence-electron chi connectivity index (χ1n) is 6.60. The van der Waals surface area contributed by atoms with Crippen molar-refractivity contribution >= 4 is 10.8 Å². The highest BCUT2D eigenvalue weighted by Crippen LogP contribution is 2.24. The van der Waals surface area contributed by atoms with Crippen LogP contribution in [0.2, 0.25) is 0 Å². The van der Waals surface area contributed by atoms with Crippen molar-refractivity contribution in [3.8, 4) is 0 Å². The van der Waals surface area contributed by atoms with Crippen molar-refractivity contribution in [2.24, 2.45) is 0 Å². The van der Waals surface area contributed by atoms with E-state index in [1.165, 1.54) is 16.3 Å². The molecule has 2 atom stereocenters. The van der Waals surface area contributed by atoms with Crippen molar-refractivity contribution in [2.75, 3.05) is 6.61 Å². The van der Waals surface area contributed by atoms with E-state index in [9.17, 15) is 5.11 Å². The maximum absolute atomic E-state index is 9.27. The van der Waals surface area contributed by atoms with Crippen LogP contribution in [-0.4, -0.2) is 17.8 Å². The molecule has 0 aliphatic rings. The number of hydrogen-bond acceptors (Lipinski definition) is 2. The van der Waals surface area contributed by atoms with Gasteiger partial charge in [-0.05, 0) is 29.7 Å². The lowest BCUT2D eigenvalue weighted by atomic mass is 9.99. The summed E-state index contributed by atoms with van der Waals surface area (Å²) in [6.07, 6.45) is 0.936. The van der Waals surface area contributed by atoms with Gasteiger partial charge in [0, 0.05) is 12.1 Å². The zero-order chi connectivity index (χ0) is 13.0. The van der Waals surface area contributed by atoms with Crippen LogP contribution >= 0.6 is 0 Å². The summed E-state index contributed by atoms with van der Waals surface area (Å²) in [6.45, 7) is 4.43. The van der Waals surface area contributed by atoms with Crippen LogP contribution in [-0.2, 0) is 0 Å². The van der Waals surface area contributed by atoms with Gasteiger partial charge in [-0.1, -0.05) is 49.4 Å². The molecule has 2 aromatic carbocycles. The van der Waals surface area contributed by atoms with E-state index in [-0.39, 0.29) is 18.7 Å². The van der Waals surface area contributed by atoms with Crippen molar-refractivity contribution < 1.29 is 5.11 Å². The van der Waals surface area contributed by atoms with Gasteiger partial charge in [0.05, 0.1) is 6.61 Å². The van der Waals surface area contributed by atoms with Crippen molar-refractivity contribution in [2.45, 2.75) is 32.4 Å². The zero-order valence-corrected chi connectivity index (χ0v) is 11.1. The highest BCUT2D eigenvalue weighted by Gasteiger charge is 2.12. The molecule has 2 rings (SSSR count). The average molecular weight is 243 g/mol. The van der Waals surface area contributed by atoms with Gasteiger partial charge in [0.25, 0.3) is 0 Å². The summed E-state index contributed by atoms with van der Waals surface area (Å²) in [5.41, 5.74) is 1.29. The van der Waals surface area contributed by atoms with E-state index in [1.54, 1.807) is 0 Å². The van der Waals surface area contributed by atoms with E-state index >= 15 is 0 Å². The van der Waals surface area contributed by atoms with Crippen LogP contribution in [0.25, 0.3) is 10.8 Å². The van der Waals surface area contributed by atoms with Crippen LogP contribution in [0.5, 0.6) is 0 Å². The summed E-state index contributed by atoms with van der Waals surface area (Å²) in [5, 5.41) is 15.3. The quantitative estimate of drug-likeness (QED) is 0.844. The fourth-order valence-electron chi connectivity index (χ4n) is 2.37. The number of hydrogen-bond donors (Lipinski definition) is 2. The van der Waals surface area contributed by atoms with Gasteiger partial charge in [-0.3, -0.25) is 0 Å². The Morgan fingerprint density at radius 3 is 2.56 bits per heavy atom. The molecule has 0 bridgehead atoms. The number of fused-ring (bicyclic) bond motifs is 1. The summed E-state index contributed by atoms with van der Waals surface area (Å²) in [7, 11) is 0. The predicted molar refractivity (Wildman–Crippen MR) is 76.7 cm³/mol. The van der Waals surface area contributed by atoms with Crippen LogP contribution in [0, 0.1) is 0 Å². The molecule has 2 aromatic rings. The summed E-state index contributed by atoms with van der Waals surface area (Å²) < 4.78 is 0. The highest BCUT2D eigenvalue weighted by atomic mass is 16.3. The van der Waals surface area contributed by atoms with Gasteiger partial charge in [0.15, 0.2) is 0 Å². The normalized spacial score (nSPS) is 14.6. The Kier molecular flexibility index (Phi) is 4.34. The molecule has 0 heterocycles. The van der Waals surface area contributed by atoms with Crippen molar-refractivity contribution in [1.82, 2.24) is 5.32 Å². The maximum Gasteiger partial charge on any atom is 0.0584 e. The molecule has 2 unspecified atom stereocenters. The summed E-state index contributed by atoms with van der Waals surface area (Å²) in [4.78, 5) is 0. The molecule has 2 N–H and O–H groups in total. The molecule has 0 radical (unpaired) electrons. The summed E-state index contributed by atoms with van der Waals surface area (Å²) >= 11 is 0. The number of aliphatic hydroxyl groups excluding tert-OH is 1. The monoisotopic (exact) mass is 243 g/mol. The molecule has 2 heteroatoms. The number of nitrogens with one attached hydrogen (secondary N) is 1. The van der Waals surface area contributed by atoms with Gasteiger partial charge in [0.2, 0.25) is 0 Å². The van der Waals surface area contributed by atoms with Gasteiger partial charge in [-0.2, -0.15) is 0 Å². The molecular formula is C16H21NO. The topological polar surface area (TPSA) is 32.3 Å². The Morgan fingerprint density at radius 1 is 1.11 bits per heavy atom. The minimum absolute atomic E-state index is 0.166. The van der Waals surface area contributed by atoms with E-state index < -0.39 is 0 Å². The lowest BCUT2D eigenvalue weighted by molar-refractivity contribution is 0.230. The molecule has 0 saturated heterocycles. The second-order valence-corrected chi connectivity index (χ2v) is 4.74. The third-order valence-corrected chi connectivity index (χ3v) is 3.49. The first-order valence-corrected chi connectivity index (χ1v) is 6.60. The second-order valence-electron chi connectivity index (χ2n) is 4.74. The third-order valence-electron chi connectivity index (χ3n) is 3.49. The van der Waals surface area contributed by atoms with Crippen LogP contribution in [0.1, 0.15) is 31.9 Å². The Hall–Kier alpha value is -1.38. The smallest absolute Gasteiger partial charge is 0.0584 e. The Bertz CT molecular complexity index is 500. The highest BCUT2D eigenvalue weighted by molar-refractivity contribution is 5.86. The van der Waals surface area contributed by atoms with Crippen molar-refractivity contribution in [3.05, 3.63) is 48.0 Å². The van der Waals surface area contributed by atoms with E-state index in [0.29, 0.717) is 0 Å². The van der Waals surface area contributed by atoms with Gasteiger partial charge < -0.3 is 10.4 Å². The molecule has 0 fully saturated rings. The number of benzene rings is 2. The minimum atomic E-state index is 0.166. The fraction of sp³-hybridized carbons (Fsp3) is 0.375. The Labute approximate surface area is 109 Å². The first kappa shape index (κ1) is 13.1. The van der Waals surface area contributed by atoms with Crippen LogP contribution in [0.15, 0.2) is 42.5 Å². The van der Waals surface area contributed by atoms with Crippen LogP contribution in [0.3, 0.4) is 0 Å². The Balaban J connectivity index is 2.30. The molecule has 0 aromatic heterocycles. The lowest BCUT2D eigenvalue weighted by Crippen LogP contribution is -2.33. The van der Waals surface area contributed by atoms with Gasteiger partial charge in [-0.15, -0.1) is 0 Å². The molecule has 18 heavy (non-hydrogen) atoms. The van der Waals surface area contributed by atoms with Gasteiger partial charge in [-0.25, -0.2) is 0 Å².